The second kappa shape index (κ2) is 6.96. The Kier molecular flexibility index (Phi) is 4.63. The highest BCUT2D eigenvalue weighted by atomic mass is 19.1. The first-order chi connectivity index (χ1) is 13.0. The van der Waals surface area contributed by atoms with E-state index in [1.165, 1.54) is 16.7 Å². The van der Waals surface area contributed by atoms with Gasteiger partial charge in [-0.25, -0.2) is 4.39 Å². The molecule has 144 valence electrons. The van der Waals surface area contributed by atoms with Crippen molar-refractivity contribution in [3.8, 4) is 5.75 Å². The van der Waals surface area contributed by atoms with E-state index in [0.29, 0.717) is 36.4 Å². The number of piperidine rings is 1. The van der Waals surface area contributed by atoms with Crippen LogP contribution in [0.1, 0.15) is 48.1 Å². The van der Waals surface area contributed by atoms with E-state index in [0.717, 1.165) is 25.9 Å². The molecule has 2 aliphatic heterocycles. The van der Waals surface area contributed by atoms with Crippen molar-refractivity contribution in [1.29, 1.82) is 0 Å². The summed E-state index contributed by atoms with van der Waals surface area (Å²) >= 11 is 0. The molecule has 2 aliphatic rings. The highest BCUT2D eigenvalue weighted by Crippen LogP contribution is 2.35. The molecule has 1 aromatic heterocycles. The molecule has 0 aliphatic carbocycles. The third-order valence-electron chi connectivity index (χ3n) is 5.77. The second-order valence-electron chi connectivity index (χ2n) is 7.67. The molecule has 1 aromatic carbocycles. The summed E-state index contributed by atoms with van der Waals surface area (Å²) in [4.78, 5) is 25.8. The van der Waals surface area contributed by atoms with Gasteiger partial charge in [0.25, 0.3) is 11.5 Å². The van der Waals surface area contributed by atoms with Crippen LogP contribution in [0, 0.1) is 11.7 Å². The SMILES string of the molecule is CC1CCc2cc(F)cc3c(O)c(C(=O)NCC4CCCNC4)c(=O)n1c23. The van der Waals surface area contributed by atoms with Crippen molar-refractivity contribution in [3.63, 3.8) is 0 Å². The molecule has 27 heavy (non-hydrogen) atoms. The summed E-state index contributed by atoms with van der Waals surface area (Å²) in [5.41, 5.74) is 0.414. The standard InChI is InChI=1S/C20H24FN3O3/c1-11-4-5-13-7-14(21)8-15-17(13)24(11)20(27)16(18(15)25)19(26)23-10-12-3-2-6-22-9-12/h7-8,11-12,22,25H,2-6,9-10H2,1H3,(H,23,26). The number of nitrogens with one attached hydrogen (secondary N) is 2. The summed E-state index contributed by atoms with van der Waals surface area (Å²) in [5.74, 6) is -1.21. The fraction of sp³-hybridized carbons (Fsp3) is 0.500. The van der Waals surface area contributed by atoms with Crippen molar-refractivity contribution in [2.75, 3.05) is 19.6 Å². The minimum atomic E-state index is -0.600. The van der Waals surface area contributed by atoms with Crippen LogP contribution < -0.4 is 16.2 Å². The van der Waals surface area contributed by atoms with Crippen LogP contribution in [-0.2, 0) is 6.42 Å². The van der Waals surface area contributed by atoms with Crippen molar-refractivity contribution in [3.05, 3.63) is 39.4 Å². The lowest BCUT2D eigenvalue weighted by Gasteiger charge is -2.27. The lowest BCUT2D eigenvalue weighted by molar-refractivity contribution is 0.0940. The van der Waals surface area contributed by atoms with Gasteiger partial charge in [-0.15, -0.1) is 0 Å². The molecule has 0 bridgehead atoms. The summed E-state index contributed by atoms with van der Waals surface area (Å²) in [5, 5.41) is 17.0. The lowest BCUT2D eigenvalue weighted by Crippen LogP contribution is -2.40. The Morgan fingerprint density at radius 1 is 1.41 bits per heavy atom. The molecule has 2 atom stereocenters. The van der Waals surface area contributed by atoms with Crippen molar-refractivity contribution in [1.82, 2.24) is 15.2 Å². The molecule has 0 radical (unpaired) electrons. The quantitative estimate of drug-likeness (QED) is 0.769. The first-order valence-electron chi connectivity index (χ1n) is 9.56. The van der Waals surface area contributed by atoms with E-state index in [4.69, 9.17) is 0 Å². The predicted molar refractivity (Wildman–Crippen MR) is 101 cm³/mol. The fourth-order valence-electron chi connectivity index (χ4n) is 4.31. The minimum absolute atomic E-state index is 0.118. The van der Waals surface area contributed by atoms with Gasteiger partial charge in [0, 0.05) is 18.0 Å². The van der Waals surface area contributed by atoms with Crippen LogP contribution in [0.15, 0.2) is 16.9 Å². The topological polar surface area (TPSA) is 83.4 Å². The summed E-state index contributed by atoms with van der Waals surface area (Å²) in [7, 11) is 0. The Hall–Kier alpha value is -2.41. The number of aryl methyl sites for hydroxylation is 1. The zero-order valence-electron chi connectivity index (χ0n) is 15.3. The maximum atomic E-state index is 14.0. The Morgan fingerprint density at radius 2 is 2.22 bits per heavy atom. The highest BCUT2D eigenvalue weighted by molar-refractivity contribution is 6.03. The number of carbonyl (C=O) groups excluding carboxylic acids is 1. The maximum absolute atomic E-state index is 14.0. The third-order valence-corrected chi connectivity index (χ3v) is 5.77. The number of amides is 1. The first kappa shape index (κ1) is 18.0. The van der Waals surface area contributed by atoms with Gasteiger partial charge in [-0.05, 0) is 69.3 Å². The molecular weight excluding hydrogens is 349 g/mol. The van der Waals surface area contributed by atoms with E-state index < -0.39 is 23.0 Å². The fourth-order valence-corrected chi connectivity index (χ4v) is 4.31. The van der Waals surface area contributed by atoms with Gasteiger partial charge in [-0.2, -0.15) is 0 Å². The third kappa shape index (κ3) is 3.10. The number of rotatable bonds is 3. The number of aromatic hydroxyl groups is 1. The zero-order chi connectivity index (χ0) is 19.1. The Labute approximate surface area is 156 Å². The number of aromatic nitrogens is 1. The summed E-state index contributed by atoms with van der Waals surface area (Å²) in [6.45, 7) is 4.14. The molecular formula is C20H24FN3O3. The van der Waals surface area contributed by atoms with Gasteiger partial charge in [-0.1, -0.05) is 0 Å². The van der Waals surface area contributed by atoms with Crippen LogP contribution >= 0.6 is 0 Å². The normalized spacial score (nSPS) is 22.0. The molecule has 0 saturated carbocycles. The maximum Gasteiger partial charge on any atom is 0.267 e. The van der Waals surface area contributed by atoms with E-state index in [1.807, 2.05) is 6.92 Å². The number of halogens is 1. The van der Waals surface area contributed by atoms with Crippen LogP contribution in [0.3, 0.4) is 0 Å². The Morgan fingerprint density at radius 3 is 2.96 bits per heavy atom. The van der Waals surface area contributed by atoms with E-state index in [2.05, 4.69) is 10.6 Å². The summed E-state index contributed by atoms with van der Waals surface area (Å²) in [6.07, 6.45) is 3.38. The molecule has 3 heterocycles. The molecule has 4 rings (SSSR count). The number of benzene rings is 1. The first-order valence-corrected chi connectivity index (χ1v) is 9.56. The monoisotopic (exact) mass is 373 g/mol. The van der Waals surface area contributed by atoms with Gasteiger partial charge in [0.2, 0.25) is 0 Å². The molecule has 1 saturated heterocycles. The molecule has 7 heteroatoms. The van der Waals surface area contributed by atoms with E-state index in [1.54, 1.807) is 0 Å². The Bertz CT molecular complexity index is 963. The van der Waals surface area contributed by atoms with E-state index in [9.17, 15) is 19.1 Å². The van der Waals surface area contributed by atoms with E-state index in [-0.39, 0.29) is 17.0 Å². The van der Waals surface area contributed by atoms with E-state index >= 15 is 0 Å². The van der Waals surface area contributed by atoms with Gasteiger partial charge in [0.15, 0.2) is 0 Å². The largest absolute Gasteiger partial charge is 0.506 e. The smallest absolute Gasteiger partial charge is 0.267 e. The lowest BCUT2D eigenvalue weighted by atomic mass is 9.95. The molecule has 3 N–H and O–H groups in total. The molecule has 1 amide bonds. The number of nitrogens with zero attached hydrogens (tertiary/aromatic N) is 1. The highest BCUT2D eigenvalue weighted by Gasteiger charge is 2.28. The molecule has 2 unspecified atom stereocenters. The van der Waals surface area contributed by atoms with Gasteiger partial charge < -0.3 is 20.3 Å². The molecule has 6 nitrogen and oxygen atoms in total. The predicted octanol–water partition coefficient (Wildman–Crippen LogP) is 2.08. The van der Waals surface area contributed by atoms with Gasteiger partial charge >= 0.3 is 0 Å². The second-order valence-corrected chi connectivity index (χ2v) is 7.67. The number of pyridine rings is 1. The van der Waals surface area contributed by atoms with Gasteiger partial charge in [0.1, 0.15) is 17.1 Å². The minimum Gasteiger partial charge on any atom is -0.506 e. The zero-order valence-corrected chi connectivity index (χ0v) is 15.3. The van der Waals surface area contributed by atoms with Crippen molar-refractivity contribution < 1.29 is 14.3 Å². The van der Waals surface area contributed by atoms with Crippen LogP contribution in [0.4, 0.5) is 4.39 Å². The average Bonchev–Trinajstić information content (AvgIpc) is 2.66. The van der Waals surface area contributed by atoms with Crippen LogP contribution in [0.2, 0.25) is 0 Å². The number of hydrogen-bond donors (Lipinski definition) is 3. The molecule has 2 aromatic rings. The van der Waals surface area contributed by atoms with Gasteiger partial charge in [0.05, 0.1) is 5.52 Å². The molecule has 1 fully saturated rings. The van der Waals surface area contributed by atoms with Crippen LogP contribution in [-0.4, -0.2) is 35.2 Å². The van der Waals surface area contributed by atoms with Crippen molar-refractivity contribution >= 4 is 16.8 Å². The Balaban J connectivity index is 1.77. The number of hydrogen-bond acceptors (Lipinski definition) is 4. The van der Waals surface area contributed by atoms with Crippen LogP contribution in [0.25, 0.3) is 10.9 Å². The summed E-state index contributed by atoms with van der Waals surface area (Å²) < 4.78 is 15.6. The average molecular weight is 373 g/mol. The van der Waals surface area contributed by atoms with Crippen molar-refractivity contribution in [2.24, 2.45) is 5.92 Å². The van der Waals surface area contributed by atoms with Crippen LogP contribution in [0.5, 0.6) is 5.75 Å². The summed E-state index contributed by atoms with van der Waals surface area (Å²) in [6, 6.07) is 2.48. The molecule has 0 spiro atoms. The number of carbonyl (C=O) groups is 1. The van der Waals surface area contributed by atoms with Crippen molar-refractivity contribution in [2.45, 2.75) is 38.6 Å². The van der Waals surface area contributed by atoms with Gasteiger partial charge in [-0.3, -0.25) is 9.59 Å².